The zero-order valence-corrected chi connectivity index (χ0v) is 12.5. The Bertz CT molecular complexity index is 269. The van der Waals surface area contributed by atoms with E-state index in [0.717, 1.165) is 39.0 Å². The second-order valence-corrected chi connectivity index (χ2v) is 6.01. The number of nitrogens with zero attached hydrogens (tertiary/aromatic N) is 1. The van der Waals surface area contributed by atoms with Crippen LogP contribution in [0.3, 0.4) is 0 Å². The fraction of sp³-hybridized carbons (Fsp3) is 0.929. The molecule has 0 aromatic carbocycles. The Balaban J connectivity index is 0.00000162. The molecule has 4 heteroatoms. The highest BCUT2D eigenvalue weighted by atomic mass is 35.5. The van der Waals surface area contributed by atoms with Crippen LogP contribution in [0.1, 0.15) is 46.0 Å². The number of hydrogen-bond acceptors (Lipinski definition) is 2. The van der Waals surface area contributed by atoms with E-state index in [1.165, 1.54) is 19.3 Å². The third-order valence-electron chi connectivity index (χ3n) is 4.82. The Morgan fingerprint density at radius 1 is 1.28 bits per heavy atom. The number of nitrogens with one attached hydrogen (secondary N) is 1. The first-order valence-electron chi connectivity index (χ1n) is 7.14. The Morgan fingerprint density at radius 2 is 1.83 bits per heavy atom. The predicted octanol–water partition coefficient (Wildman–Crippen LogP) is 2.45. The maximum Gasteiger partial charge on any atom is 0.225 e. The van der Waals surface area contributed by atoms with Crippen molar-refractivity contribution in [2.75, 3.05) is 26.2 Å². The van der Waals surface area contributed by atoms with Crippen LogP contribution in [-0.2, 0) is 4.79 Å². The van der Waals surface area contributed by atoms with Crippen molar-refractivity contribution in [1.82, 2.24) is 10.2 Å². The molecule has 2 rings (SSSR count). The highest BCUT2D eigenvalue weighted by Gasteiger charge is 2.33. The second-order valence-electron chi connectivity index (χ2n) is 6.01. The monoisotopic (exact) mass is 274 g/mol. The molecule has 0 aliphatic carbocycles. The molecule has 2 saturated heterocycles. The van der Waals surface area contributed by atoms with Gasteiger partial charge in [-0.2, -0.15) is 0 Å². The van der Waals surface area contributed by atoms with E-state index in [0.29, 0.717) is 17.2 Å². The third-order valence-corrected chi connectivity index (χ3v) is 4.82. The first-order valence-corrected chi connectivity index (χ1v) is 7.14. The van der Waals surface area contributed by atoms with Crippen LogP contribution in [0.2, 0.25) is 0 Å². The van der Waals surface area contributed by atoms with E-state index < -0.39 is 0 Å². The fourth-order valence-corrected chi connectivity index (χ4v) is 2.95. The van der Waals surface area contributed by atoms with Crippen LogP contribution in [0.5, 0.6) is 0 Å². The van der Waals surface area contributed by atoms with Crippen LogP contribution in [0, 0.1) is 11.3 Å². The van der Waals surface area contributed by atoms with Crippen molar-refractivity contribution >= 4 is 18.3 Å². The lowest BCUT2D eigenvalue weighted by molar-refractivity contribution is -0.138. The zero-order chi connectivity index (χ0) is 12.3. The Morgan fingerprint density at radius 3 is 2.33 bits per heavy atom. The van der Waals surface area contributed by atoms with Gasteiger partial charge in [-0.05, 0) is 44.2 Å². The molecule has 3 nitrogen and oxygen atoms in total. The van der Waals surface area contributed by atoms with Gasteiger partial charge in [0.25, 0.3) is 0 Å². The molecule has 18 heavy (non-hydrogen) atoms. The van der Waals surface area contributed by atoms with E-state index in [2.05, 4.69) is 24.1 Å². The summed E-state index contributed by atoms with van der Waals surface area (Å²) in [6.45, 7) is 8.61. The van der Waals surface area contributed by atoms with E-state index >= 15 is 0 Å². The van der Waals surface area contributed by atoms with Crippen molar-refractivity contribution in [3.8, 4) is 0 Å². The minimum atomic E-state index is 0. The number of piperidine rings is 2. The van der Waals surface area contributed by atoms with Crippen LogP contribution in [-0.4, -0.2) is 37.0 Å². The third kappa shape index (κ3) is 3.61. The van der Waals surface area contributed by atoms with Gasteiger partial charge in [-0.15, -0.1) is 12.4 Å². The molecule has 2 fully saturated rings. The van der Waals surface area contributed by atoms with Crippen LogP contribution in [0.15, 0.2) is 0 Å². The highest BCUT2D eigenvalue weighted by molar-refractivity contribution is 5.85. The molecule has 1 N–H and O–H groups in total. The first-order chi connectivity index (χ1) is 8.14. The van der Waals surface area contributed by atoms with E-state index in [-0.39, 0.29) is 12.4 Å². The molecule has 0 bridgehead atoms. The second kappa shape index (κ2) is 6.76. The SMILES string of the molecule is CCC1(C)CCN(C(=O)C2CCNCC2)CC1.Cl. The normalized spacial score (nSPS) is 24.4. The molecule has 1 amide bonds. The molecule has 0 unspecified atom stereocenters. The topological polar surface area (TPSA) is 32.3 Å². The quantitative estimate of drug-likeness (QED) is 0.839. The number of halogens is 1. The lowest BCUT2D eigenvalue weighted by Crippen LogP contribution is -2.46. The van der Waals surface area contributed by atoms with Gasteiger partial charge in [-0.1, -0.05) is 20.3 Å². The Labute approximate surface area is 117 Å². The molecule has 2 aliphatic rings. The summed E-state index contributed by atoms with van der Waals surface area (Å²) in [5.41, 5.74) is 0.477. The first kappa shape index (κ1) is 15.8. The Hall–Kier alpha value is -0.280. The summed E-state index contributed by atoms with van der Waals surface area (Å²) in [4.78, 5) is 14.5. The van der Waals surface area contributed by atoms with E-state index in [4.69, 9.17) is 0 Å². The van der Waals surface area contributed by atoms with Gasteiger partial charge in [-0.3, -0.25) is 4.79 Å². The largest absolute Gasteiger partial charge is 0.342 e. The molecule has 106 valence electrons. The number of carbonyl (C=O) groups is 1. The molecule has 0 aromatic heterocycles. The summed E-state index contributed by atoms with van der Waals surface area (Å²) in [5, 5.41) is 3.32. The summed E-state index contributed by atoms with van der Waals surface area (Å²) in [5.74, 6) is 0.715. The van der Waals surface area contributed by atoms with Gasteiger partial charge in [0, 0.05) is 19.0 Å². The maximum atomic E-state index is 12.4. The molecule has 0 saturated carbocycles. The number of amides is 1. The van der Waals surface area contributed by atoms with Gasteiger partial charge < -0.3 is 10.2 Å². The van der Waals surface area contributed by atoms with Crippen LogP contribution in [0.4, 0.5) is 0 Å². The molecule has 2 aliphatic heterocycles. The predicted molar refractivity (Wildman–Crippen MR) is 77.1 cm³/mol. The smallest absolute Gasteiger partial charge is 0.225 e. The van der Waals surface area contributed by atoms with Gasteiger partial charge >= 0.3 is 0 Å². The van der Waals surface area contributed by atoms with Gasteiger partial charge in [0.2, 0.25) is 5.91 Å². The van der Waals surface area contributed by atoms with Gasteiger partial charge in [0.15, 0.2) is 0 Å². The van der Waals surface area contributed by atoms with E-state index in [9.17, 15) is 4.79 Å². The molecule has 2 heterocycles. The molecule has 0 radical (unpaired) electrons. The molecule has 0 atom stereocenters. The molecule has 0 aromatic rings. The van der Waals surface area contributed by atoms with Gasteiger partial charge in [0.05, 0.1) is 0 Å². The molecular formula is C14H27ClN2O. The average Bonchev–Trinajstić information content (AvgIpc) is 2.40. The van der Waals surface area contributed by atoms with Crippen molar-refractivity contribution in [3.63, 3.8) is 0 Å². The van der Waals surface area contributed by atoms with Crippen molar-refractivity contribution in [1.29, 1.82) is 0 Å². The summed E-state index contributed by atoms with van der Waals surface area (Å²) in [7, 11) is 0. The van der Waals surface area contributed by atoms with Crippen LogP contribution in [0.25, 0.3) is 0 Å². The minimum absolute atomic E-state index is 0. The average molecular weight is 275 g/mol. The zero-order valence-electron chi connectivity index (χ0n) is 11.7. The van der Waals surface area contributed by atoms with E-state index in [1.54, 1.807) is 0 Å². The Kier molecular flexibility index (Phi) is 5.93. The van der Waals surface area contributed by atoms with Crippen molar-refractivity contribution < 1.29 is 4.79 Å². The fourth-order valence-electron chi connectivity index (χ4n) is 2.95. The molecule has 0 spiro atoms. The van der Waals surface area contributed by atoms with Crippen LogP contribution >= 0.6 is 12.4 Å². The summed E-state index contributed by atoms with van der Waals surface area (Å²) < 4.78 is 0. The minimum Gasteiger partial charge on any atom is -0.342 e. The summed E-state index contributed by atoms with van der Waals surface area (Å²) >= 11 is 0. The van der Waals surface area contributed by atoms with Crippen LogP contribution < -0.4 is 5.32 Å². The lowest BCUT2D eigenvalue weighted by atomic mass is 9.78. The lowest BCUT2D eigenvalue weighted by Gasteiger charge is -2.40. The van der Waals surface area contributed by atoms with Crippen molar-refractivity contribution in [3.05, 3.63) is 0 Å². The van der Waals surface area contributed by atoms with Crippen molar-refractivity contribution in [2.45, 2.75) is 46.0 Å². The summed E-state index contributed by atoms with van der Waals surface area (Å²) in [6, 6.07) is 0. The number of likely N-dealkylation sites (tertiary alicyclic amines) is 1. The summed E-state index contributed by atoms with van der Waals surface area (Å²) in [6.07, 6.45) is 5.66. The maximum absolute atomic E-state index is 12.4. The number of rotatable bonds is 2. The number of hydrogen-bond donors (Lipinski definition) is 1. The molecular weight excluding hydrogens is 248 g/mol. The van der Waals surface area contributed by atoms with Crippen molar-refractivity contribution in [2.24, 2.45) is 11.3 Å². The van der Waals surface area contributed by atoms with E-state index in [1.807, 2.05) is 0 Å². The standard InChI is InChI=1S/C14H26N2O.ClH/c1-3-14(2)6-10-16(11-7-14)13(17)12-4-8-15-9-5-12;/h12,15H,3-11H2,1-2H3;1H. The van der Waals surface area contributed by atoms with Gasteiger partial charge in [0.1, 0.15) is 0 Å². The number of carbonyl (C=O) groups excluding carboxylic acids is 1. The highest BCUT2D eigenvalue weighted by Crippen LogP contribution is 2.34. The van der Waals surface area contributed by atoms with Gasteiger partial charge in [-0.25, -0.2) is 0 Å².